The van der Waals surface area contributed by atoms with Crippen LogP contribution in [0, 0.1) is 5.82 Å². The smallest absolute Gasteiger partial charge is 0.257 e. The molecule has 3 aromatic rings. The fraction of sp³-hybridized carbons (Fsp3) is 0.263. The maximum absolute atomic E-state index is 14.1. The van der Waals surface area contributed by atoms with Crippen LogP contribution >= 0.6 is 0 Å². The molecule has 0 bridgehead atoms. The van der Waals surface area contributed by atoms with Gasteiger partial charge < -0.3 is 15.0 Å². The van der Waals surface area contributed by atoms with Gasteiger partial charge in [0.05, 0.1) is 7.11 Å². The Morgan fingerprint density at radius 1 is 1.20 bits per heavy atom. The minimum Gasteiger partial charge on any atom is -0.497 e. The molecule has 0 aliphatic heterocycles. The van der Waals surface area contributed by atoms with Gasteiger partial charge in [0.25, 0.3) is 5.89 Å². The Hall–Kier alpha value is -2.73. The Labute approximate surface area is 144 Å². The predicted octanol–water partition coefficient (Wildman–Crippen LogP) is 2.90. The largest absolute Gasteiger partial charge is 0.497 e. The summed E-state index contributed by atoms with van der Waals surface area (Å²) in [5.74, 6) is 1.01. The second kappa shape index (κ2) is 6.29. The van der Waals surface area contributed by atoms with E-state index in [1.54, 1.807) is 12.1 Å². The first-order valence-corrected chi connectivity index (χ1v) is 8.15. The third-order valence-electron chi connectivity index (χ3n) is 4.49. The highest BCUT2D eigenvalue weighted by atomic mass is 19.1. The lowest BCUT2D eigenvalue weighted by Crippen LogP contribution is -2.18. The molecule has 2 N–H and O–H groups in total. The first kappa shape index (κ1) is 15.8. The molecule has 1 atom stereocenters. The van der Waals surface area contributed by atoms with Crippen molar-refractivity contribution >= 4 is 0 Å². The quantitative estimate of drug-likeness (QED) is 0.791. The van der Waals surface area contributed by atoms with Gasteiger partial charge in [-0.3, -0.25) is 0 Å². The summed E-state index contributed by atoms with van der Waals surface area (Å²) >= 11 is 0. The molecule has 1 aliphatic carbocycles. The van der Waals surface area contributed by atoms with E-state index in [-0.39, 0.29) is 18.3 Å². The number of fused-ring (bicyclic) bond motifs is 1. The van der Waals surface area contributed by atoms with Crippen LogP contribution in [0.1, 0.15) is 22.5 Å². The summed E-state index contributed by atoms with van der Waals surface area (Å²) in [6.07, 6.45) is 2.03. The van der Waals surface area contributed by atoms with Crippen LogP contribution in [0.25, 0.3) is 11.5 Å². The Kier molecular flexibility index (Phi) is 3.97. The van der Waals surface area contributed by atoms with E-state index in [2.05, 4.69) is 16.2 Å². The van der Waals surface area contributed by atoms with E-state index in [0.717, 1.165) is 18.4 Å². The van der Waals surface area contributed by atoms with Crippen molar-refractivity contribution in [2.45, 2.75) is 25.3 Å². The molecule has 0 saturated heterocycles. The van der Waals surface area contributed by atoms with E-state index in [1.807, 2.05) is 12.1 Å². The van der Waals surface area contributed by atoms with Gasteiger partial charge in [0.1, 0.15) is 11.6 Å². The average molecular weight is 339 g/mol. The fourth-order valence-corrected chi connectivity index (χ4v) is 3.20. The number of methoxy groups -OCH3 is 1. The second-order valence-electron chi connectivity index (χ2n) is 6.30. The van der Waals surface area contributed by atoms with Crippen molar-refractivity contribution in [3.63, 3.8) is 0 Å². The highest BCUT2D eigenvalue weighted by Gasteiger charge is 2.20. The van der Waals surface area contributed by atoms with Crippen molar-refractivity contribution in [1.29, 1.82) is 0 Å². The van der Waals surface area contributed by atoms with E-state index in [4.69, 9.17) is 15.0 Å². The van der Waals surface area contributed by atoms with E-state index in [0.29, 0.717) is 23.0 Å². The second-order valence-corrected chi connectivity index (χ2v) is 6.30. The van der Waals surface area contributed by atoms with E-state index >= 15 is 0 Å². The molecule has 25 heavy (non-hydrogen) atoms. The molecule has 0 spiro atoms. The minimum atomic E-state index is -0.350. The van der Waals surface area contributed by atoms with E-state index in [9.17, 15) is 4.39 Å². The van der Waals surface area contributed by atoms with Crippen molar-refractivity contribution in [3.8, 4) is 17.2 Å². The molecule has 1 aromatic heterocycles. The van der Waals surface area contributed by atoms with Gasteiger partial charge in [-0.1, -0.05) is 17.3 Å². The normalized spacial score (nSPS) is 16.0. The molecular weight excluding hydrogens is 321 g/mol. The third-order valence-corrected chi connectivity index (χ3v) is 4.49. The van der Waals surface area contributed by atoms with Crippen LogP contribution in [0.5, 0.6) is 5.75 Å². The van der Waals surface area contributed by atoms with Gasteiger partial charge in [0.15, 0.2) is 5.82 Å². The zero-order valence-electron chi connectivity index (χ0n) is 13.8. The summed E-state index contributed by atoms with van der Waals surface area (Å²) in [5.41, 5.74) is 9.86. The van der Waals surface area contributed by atoms with Crippen LogP contribution in [-0.4, -0.2) is 23.3 Å². The summed E-state index contributed by atoms with van der Waals surface area (Å²) in [4.78, 5) is 4.40. The highest BCUT2D eigenvalue weighted by Crippen LogP contribution is 2.27. The lowest BCUT2D eigenvalue weighted by atomic mass is 10.1. The van der Waals surface area contributed by atoms with Gasteiger partial charge in [-0.25, -0.2) is 4.39 Å². The van der Waals surface area contributed by atoms with Crippen LogP contribution in [0.4, 0.5) is 4.39 Å². The van der Waals surface area contributed by atoms with Crippen molar-refractivity contribution in [2.24, 2.45) is 5.73 Å². The summed E-state index contributed by atoms with van der Waals surface area (Å²) in [5, 5.41) is 3.97. The molecule has 128 valence electrons. The zero-order chi connectivity index (χ0) is 17.4. The van der Waals surface area contributed by atoms with E-state index < -0.39 is 0 Å². The molecule has 4 rings (SSSR count). The Morgan fingerprint density at radius 2 is 2.04 bits per heavy atom. The standard InChI is InChI=1S/C19H18FN3O2/c1-24-16-5-4-12(17(20)10-16)9-18-22-19(25-23-18)13-3-2-11-7-15(21)8-14(11)6-13/h2-6,10,15H,7-9,21H2,1H3. The van der Waals surface area contributed by atoms with Gasteiger partial charge in [-0.05, 0) is 47.7 Å². The molecule has 6 heteroatoms. The molecule has 2 aromatic carbocycles. The molecule has 1 aliphatic rings. The third kappa shape index (κ3) is 3.13. The number of rotatable bonds is 4. The number of nitrogens with two attached hydrogens (primary N) is 1. The molecule has 0 saturated carbocycles. The SMILES string of the molecule is COc1ccc(Cc2noc(-c3ccc4c(c3)CC(N)C4)n2)c(F)c1. The lowest BCUT2D eigenvalue weighted by Gasteiger charge is -2.03. The van der Waals surface area contributed by atoms with Gasteiger partial charge in [0, 0.05) is 24.1 Å². The zero-order valence-corrected chi connectivity index (χ0v) is 13.8. The van der Waals surface area contributed by atoms with Crippen LogP contribution in [-0.2, 0) is 19.3 Å². The van der Waals surface area contributed by atoms with Crippen molar-refractivity contribution in [1.82, 2.24) is 10.1 Å². The Morgan fingerprint density at radius 3 is 2.84 bits per heavy atom. The Bertz CT molecular complexity index is 923. The monoisotopic (exact) mass is 339 g/mol. The average Bonchev–Trinajstić information content (AvgIpc) is 3.21. The first-order chi connectivity index (χ1) is 12.1. The predicted molar refractivity (Wildman–Crippen MR) is 90.9 cm³/mol. The lowest BCUT2D eigenvalue weighted by molar-refractivity contribution is 0.410. The Balaban J connectivity index is 1.56. The molecule has 1 heterocycles. The minimum absolute atomic E-state index is 0.182. The van der Waals surface area contributed by atoms with Gasteiger partial charge in [-0.15, -0.1) is 0 Å². The summed E-state index contributed by atoms with van der Waals surface area (Å²) in [6, 6.07) is 11.0. The van der Waals surface area contributed by atoms with Crippen molar-refractivity contribution in [3.05, 3.63) is 64.7 Å². The number of halogens is 1. The number of benzene rings is 2. The van der Waals surface area contributed by atoms with Gasteiger partial charge in [-0.2, -0.15) is 4.98 Å². The van der Waals surface area contributed by atoms with Crippen LogP contribution in [0.3, 0.4) is 0 Å². The summed E-state index contributed by atoms with van der Waals surface area (Å²) in [6.45, 7) is 0. The fourth-order valence-electron chi connectivity index (χ4n) is 3.20. The molecule has 0 fully saturated rings. The molecule has 0 amide bonds. The van der Waals surface area contributed by atoms with Gasteiger partial charge in [0.2, 0.25) is 0 Å². The summed E-state index contributed by atoms with van der Waals surface area (Å²) < 4.78 is 24.4. The van der Waals surface area contributed by atoms with Crippen molar-refractivity contribution in [2.75, 3.05) is 7.11 Å². The number of ether oxygens (including phenoxy) is 1. The van der Waals surface area contributed by atoms with Crippen LogP contribution < -0.4 is 10.5 Å². The number of nitrogens with zero attached hydrogens (tertiary/aromatic N) is 2. The highest BCUT2D eigenvalue weighted by molar-refractivity contribution is 5.57. The van der Waals surface area contributed by atoms with E-state index in [1.165, 1.54) is 24.3 Å². The molecule has 1 unspecified atom stereocenters. The topological polar surface area (TPSA) is 74.2 Å². The molecule has 5 nitrogen and oxygen atoms in total. The van der Waals surface area contributed by atoms with Crippen molar-refractivity contribution < 1.29 is 13.7 Å². The van der Waals surface area contributed by atoms with Gasteiger partial charge >= 0.3 is 0 Å². The van der Waals surface area contributed by atoms with Crippen LogP contribution in [0.2, 0.25) is 0 Å². The number of hydrogen-bond acceptors (Lipinski definition) is 5. The first-order valence-electron chi connectivity index (χ1n) is 8.15. The maximum atomic E-state index is 14.1. The maximum Gasteiger partial charge on any atom is 0.257 e. The number of hydrogen-bond donors (Lipinski definition) is 1. The van der Waals surface area contributed by atoms with Crippen LogP contribution in [0.15, 0.2) is 40.9 Å². The molecule has 0 radical (unpaired) electrons. The summed E-state index contributed by atoms with van der Waals surface area (Å²) in [7, 11) is 1.50. The molecular formula is C19H18FN3O2. The number of aromatic nitrogens is 2.